The molecule has 2 aliphatic rings. The lowest BCUT2D eigenvalue weighted by molar-refractivity contribution is -0.133. The number of halogens is 1. The van der Waals surface area contributed by atoms with Gasteiger partial charge in [-0.15, -0.1) is 0 Å². The number of carbonyl (C=O) groups is 1. The second-order valence-electron chi connectivity index (χ2n) is 8.68. The van der Waals surface area contributed by atoms with E-state index in [9.17, 15) is 17.6 Å². The molecule has 1 atom stereocenters. The number of aryl methyl sites for hydroxylation is 2. The minimum Gasteiger partial charge on any atom is -0.339 e. The van der Waals surface area contributed by atoms with Gasteiger partial charge in [-0.2, -0.15) is 4.31 Å². The zero-order valence-corrected chi connectivity index (χ0v) is 19.4. The van der Waals surface area contributed by atoms with Crippen LogP contribution in [0.15, 0.2) is 47.4 Å². The van der Waals surface area contributed by atoms with Gasteiger partial charge in [0.15, 0.2) is 0 Å². The lowest BCUT2D eigenvalue weighted by Gasteiger charge is -2.35. The molecule has 1 aliphatic heterocycles. The van der Waals surface area contributed by atoms with Crippen molar-refractivity contribution < 1.29 is 17.6 Å². The third-order valence-corrected chi connectivity index (χ3v) is 8.59. The SMILES string of the molecule is CC(c1ccccc1F)N(C)CC(=O)N1CCN(S(=O)(=O)c2ccc3c(c2)CCC3)CC1. The van der Waals surface area contributed by atoms with E-state index in [2.05, 4.69) is 0 Å². The molecule has 6 nitrogen and oxygen atoms in total. The number of fused-ring (bicyclic) bond motifs is 1. The first-order valence-corrected chi connectivity index (χ1v) is 12.6. The molecule has 1 aliphatic carbocycles. The van der Waals surface area contributed by atoms with Crippen LogP contribution in [0.25, 0.3) is 0 Å². The van der Waals surface area contributed by atoms with Crippen molar-refractivity contribution in [3.05, 3.63) is 65.0 Å². The first-order valence-electron chi connectivity index (χ1n) is 11.1. The molecule has 2 aromatic carbocycles. The number of hydrogen-bond donors (Lipinski definition) is 0. The molecule has 0 N–H and O–H groups in total. The van der Waals surface area contributed by atoms with Crippen LogP contribution in [0.2, 0.25) is 0 Å². The summed E-state index contributed by atoms with van der Waals surface area (Å²) < 4.78 is 41.7. The number of nitrogens with zero attached hydrogens (tertiary/aromatic N) is 3. The summed E-state index contributed by atoms with van der Waals surface area (Å²) in [5, 5.41) is 0. The zero-order chi connectivity index (χ0) is 22.9. The van der Waals surface area contributed by atoms with Gasteiger partial charge in [0.2, 0.25) is 15.9 Å². The molecular formula is C24H30FN3O3S. The molecule has 1 heterocycles. The van der Waals surface area contributed by atoms with Crippen molar-refractivity contribution in [2.75, 3.05) is 39.8 Å². The average Bonchev–Trinajstić information content (AvgIpc) is 3.27. The number of sulfonamides is 1. The standard InChI is InChI=1S/C24H30FN3O3S/c1-18(22-8-3-4-9-23(22)25)26(2)17-24(29)27-12-14-28(15-13-27)32(30,31)21-11-10-19-6-5-7-20(19)16-21/h3-4,8-11,16,18H,5-7,12-15,17H2,1-2H3. The number of hydrogen-bond acceptors (Lipinski definition) is 4. The summed E-state index contributed by atoms with van der Waals surface area (Å²) in [5.74, 6) is -0.366. The normalized spacial score (nSPS) is 18.1. The predicted molar refractivity (Wildman–Crippen MR) is 121 cm³/mol. The molecule has 2 aromatic rings. The number of amides is 1. The summed E-state index contributed by atoms with van der Waals surface area (Å²) in [6.45, 7) is 3.27. The van der Waals surface area contributed by atoms with Crippen LogP contribution < -0.4 is 0 Å². The van der Waals surface area contributed by atoms with Crippen molar-refractivity contribution in [1.29, 1.82) is 0 Å². The van der Waals surface area contributed by atoms with E-state index in [1.165, 1.54) is 15.9 Å². The number of piperazine rings is 1. The van der Waals surface area contributed by atoms with Crippen molar-refractivity contribution in [3.63, 3.8) is 0 Å². The van der Waals surface area contributed by atoms with Gasteiger partial charge in [-0.05, 0) is 62.6 Å². The molecule has 0 bridgehead atoms. The molecule has 0 radical (unpaired) electrons. The Labute approximate surface area is 189 Å². The highest BCUT2D eigenvalue weighted by atomic mass is 32.2. The largest absolute Gasteiger partial charge is 0.339 e. The summed E-state index contributed by atoms with van der Waals surface area (Å²) in [7, 11) is -1.77. The monoisotopic (exact) mass is 459 g/mol. The third kappa shape index (κ3) is 4.58. The van der Waals surface area contributed by atoms with Gasteiger partial charge in [0.1, 0.15) is 5.82 Å². The van der Waals surface area contributed by atoms with Crippen LogP contribution in [0.3, 0.4) is 0 Å². The Bertz CT molecular complexity index is 1100. The average molecular weight is 460 g/mol. The maximum absolute atomic E-state index is 14.1. The summed E-state index contributed by atoms with van der Waals surface area (Å²) in [5.41, 5.74) is 2.92. The van der Waals surface area contributed by atoms with Gasteiger partial charge in [-0.1, -0.05) is 24.3 Å². The topological polar surface area (TPSA) is 60.9 Å². The van der Waals surface area contributed by atoms with Gasteiger partial charge >= 0.3 is 0 Å². The van der Waals surface area contributed by atoms with Crippen LogP contribution in [0.1, 0.15) is 36.1 Å². The van der Waals surface area contributed by atoms with E-state index >= 15 is 0 Å². The van der Waals surface area contributed by atoms with E-state index in [-0.39, 0.29) is 37.4 Å². The number of benzene rings is 2. The van der Waals surface area contributed by atoms with Crippen molar-refractivity contribution in [2.45, 2.75) is 37.1 Å². The highest BCUT2D eigenvalue weighted by molar-refractivity contribution is 7.89. The molecule has 1 saturated heterocycles. The fourth-order valence-corrected chi connectivity index (χ4v) is 6.01. The molecule has 1 fully saturated rings. The first kappa shape index (κ1) is 22.9. The summed E-state index contributed by atoms with van der Waals surface area (Å²) in [4.78, 5) is 16.7. The van der Waals surface area contributed by atoms with Crippen molar-refractivity contribution in [2.24, 2.45) is 0 Å². The highest BCUT2D eigenvalue weighted by Gasteiger charge is 2.31. The van der Waals surface area contributed by atoms with Gasteiger partial charge in [0, 0.05) is 37.8 Å². The van der Waals surface area contributed by atoms with E-state index < -0.39 is 10.0 Å². The maximum atomic E-state index is 14.1. The first-order chi connectivity index (χ1) is 15.3. The van der Waals surface area contributed by atoms with Gasteiger partial charge in [0.05, 0.1) is 11.4 Å². The quantitative estimate of drug-likeness (QED) is 0.667. The smallest absolute Gasteiger partial charge is 0.243 e. The number of likely N-dealkylation sites (N-methyl/N-ethyl adjacent to an activating group) is 1. The molecule has 0 aromatic heterocycles. The van der Waals surface area contributed by atoms with Gasteiger partial charge in [-0.3, -0.25) is 9.69 Å². The van der Waals surface area contributed by atoms with E-state index in [1.54, 1.807) is 36.2 Å². The second kappa shape index (κ2) is 9.29. The molecule has 0 saturated carbocycles. The second-order valence-corrected chi connectivity index (χ2v) is 10.6. The van der Waals surface area contributed by atoms with Crippen LogP contribution in [0.4, 0.5) is 4.39 Å². The van der Waals surface area contributed by atoms with Gasteiger partial charge in [0.25, 0.3) is 0 Å². The summed E-state index contributed by atoms with van der Waals surface area (Å²) >= 11 is 0. The highest BCUT2D eigenvalue weighted by Crippen LogP contribution is 2.27. The Morgan fingerprint density at radius 1 is 1.06 bits per heavy atom. The zero-order valence-electron chi connectivity index (χ0n) is 18.6. The molecule has 4 rings (SSSR count). The van der Waals surface area contributed by atoms with Crippen LogP contribution in [-0.2, 0) is 27.7 Å². The Kier molecular flexibility index (Phi) is 6.65. The van der Waals surface area contributed by atoms with Crippen molar-refractivity contribution in [3.8, 4) is 0 Å². The number of rotatable bonds is 6. The lowest BCUT2D eigenvalue weighted by Crippen LogP contribution is -2.52. The Morgan fingerprint density at radius 2 is 1.75 bits per heavy atom. The molecule has 8 heteroatoms. The summed E-state index contributed by atoms with van der Waals surface area (Å²) in [6.07, 6.45) is 3.02. The molecule has 1 unspecified atom stereocenters. The molecular weight excluding hydrogens is 429 g/mol. The fraction of sp³-hybridized carbons (Fsp3) is 0.458. The molecule has 32 heavy (non-hydrogen) atoms. The van der Waals surface area contributed by atoms with Crippen molar-refractivity contribution >= 4 is 15.9 Å². The van der Waals surface area contributed by atoms with Gasteiger partial charge < -0.3 is 4.90 Å². The van der Waals surface area contributed by atoms with Crippen LogP contribution in [0.5, 0.6) is 0 Å². The van der Waals surface area contributed by atoms with Crippen molar-refractivity contribution in [1.82, 2.24) is 14.1 Å². The Balaban J connectivity index is 1.35. The van der Waals surface area contributed by atoms with Crippen LogP contribution in [-0.4, -0.2) is 68.2 Å². The Morgan fingerprint density at radius 3 is 2.47 bits per heavy atom. The summed E-state index contributed by atoms with van der Waals surface area (Å²) in [6, 6.07) is 11.8. The number of carbonyl (C=O) groups excluding carboxylic acids is 1. The van der Waals surface area contributed by atoms with Crippen LogP contribution >= 0.6 is 0 Å². The minimum absolute atomic E-state index is 0.0785. The lowest BCUT2D eigenvalue weighted by atomic mass is 10.1. The Hall–Kier alpha value is -2.29. The van der Waals surface area contributed by atoms with E-state index in [4.69, 9.17) is 0 Å². The molecule has 1 amide bonds. The molecule has 172 valence electrons. The maximum Gasteiger partial charge on any atom is 0.243 e. The predicted octanol–water partition coefficient (Wildman–Crippen LogP) is 2.84. The fourth-order valence-electron chi connectivity index (χ4n) is 4.54. The van der Waals surface area contributed by atoms with Gasteiger partial charge in [-0.25, -0.2) is 12.8 Å². The van der Waals surface area contributed by atoms with E-state index in [1.807, 2.05) is 24.0 Å². The van der Waals surface area contributed by atoms with Crippen LogP contribution in [0, 0.1) is 5.82 Å². The van der Waals surface area contributed by atoms with E-state index in [0.717, 1.165) is 24.8 Å². The minimum atomic E-state index is -3.57. The third-order valence-electron chi connectivity index (χ3n) is 6.70. The molecule has 0 spiro atoms. The van der Waals surface area contributed by atoms with E-state index in [0.29, 0.717) is 23.5 Å².